The van der Waals surface area contributed by atoms with Crippen molar-refractivity contribution in [3.8, 4) is 0 Å². The van der Waals surface area contributed by atoms with Gasteiger partial charge in [0, 0.05) is 5.90 Å². The van der Waals surface area contributed by atoms with Crippen molar-refractivity contribution >= 4 is 30.0 Å². The molecule has 4 heteroatoms. The molecule has 0 aromatic carbocycles. The Kier molecular flexibility index (Phi) is 10.9. The summed E-state index contributed by atoms with van der Waals surface area (Å²) in [6.45, 7) is 4.29. The molecule has 0 aromatic rings. The fourth-order valence-electron chi connectivity index (χ4n) is 0.298. The van der Waals surface area contributed by atoms with E-state index in [0.29, 0.717) is 5.92 Å². The zero-order chi connectivity index (χ0) is 5.86. The third-order valence-electron chi connectivity index (χ3n) is 0.514. The third kappa shape index (κ3) is 10.8. The van der Waals surface area contributed by atoms with Crippen molar-refractivity contribution in [3.63, 3.8) is 0 Å². The zero-order valence-corrected chi connectivity index (χ0v) is 10.1. The fraction of sp³-hybridized carbons (Fsp3) is 1.00. The standard InChI is InChI=1S/C4H9PS2.Na/c1-4(2)3-5(6)7;/h4H,3H2,1-2H3;/q;+1. The van der Waals surface area contributed by atoms with Crippen LogP contribution in [0.3, 0.4) is 0 Å². The van der Waals surface area contributed by atoms with Crippen LogP contribution in [0.25, 0.3) is 0 Å². The van der Waals surface area contributed by atoms with Crippen LogP contribution in [0.1, 0.15) is 13.8 Å². The van der Waals surface area contributed by atoms with Crippen LogP contribution < -0.4 is 29.6 Å². The van der Waals surface area contributed by atoms with Gasteiger partial charge in [0.05, 0.1) is 6.16 Å². The van der Waals surface area contributed by atoms with Crippen LogP contribution in [0.2, 0.25) is 0 Å². The first-order valence-electron chi connectivity index (χ1n) is 2.24. The smallest absolute Gasteiger partial charge is 0.478 e. The van der Waals surface area contributed by atoms with Gasteiger partial charge in [0.1, 0.15) is 11.8 Å². The van der Waals surface area contributed by atoms with Gasteiger partial charge in [-0.3, -0.25) is 0 Å². The minimum absolute atomic E-state index is 0. The molecule has 1 atom stereocenters. The van der Waals surface area contributed by atoms with E-state index < -0.39 is 5.90 Å². The molecule has 0 saturated heterocycles. The number of rotatable bonds is 2. The molecule has 0 amide bonds. The second-order valence-corrected chi connectivity index (χ2v) is 6.28. The molecule has 0 N–H and O–H groups in total. The minimum atomic E-state index is -0.473. The van der Waals surface area contributed by atoms with Crippen LogP contribution in [0.5, 0.6) is 0 Å². The predicted molar refractivity (Wildman–Crippen MR) is 41.4 cm³/mol. The molecule has 0 saturated carbocycles. The molecular formula is C4H9NaPS2+. The van der Waals surface area contributed by atoms with Gasteiger partial charge in [0.25, 0.3) is 0 Å². The van der Waals surface area contributed by atoms with Crippen LogP contribution >= 0.6 is 5.90 Å². The van der Waals surface area contributed by atoms with Crippen molar-refractivity contribution in [3.05, 3.63) is 0 Å². The topological polar surface area (TPSA) is 0 Å². The molecule has 8 heavy (non-hydrogen) atoms. The van der Waals surface area contributed by atoms with Crippen LogP contribution in [0, 0.1) is 5.92 Å². The summed E-state index contributed by atoms with van der Waals surface area (Å²) >= 11 is 9.67. The van der Waals surface area contributed by atoms with Gasteiger partial charge in [-0.05, 0) is 5.92 Å². The van der Waals surface area contributed by atoms with E-state index in [4.69, 9.17) is 24.1 Å². The van der Waals surface area contributed by atoms with E-state index >= 15 is 0 Å². The van der Waals surface area contributed by atoms with E-state index in [9.17, 15) is 0 Å². The maximum Gasteiger partial charge on any atom is 1.00 e. The Morgan fingerprint density at radius 1 is 1.62 bits per heavy atom. The summed E-state index contributed by atoms with van der Waals surface area (Å²) in [4.78, 5) is 0. The van der Waals surface area contributed by atoms with Crippen molar-refractivity contribution in [2.45, 2.75) is 13.8 Å². The van der Waals surface area contributed by atoms with Crippen LogP contribution in [-0.4, -0.2) is 6.16 Å². The second kappa shape index (κ2) is 6.98. The second-order valence-electron chi connectivity index (χ2n) is 1.91. The van der Waals surface area contributed by atoms with Crippen molar-refractivity contribution in [1.29, 1.82) is 0 Å². The number of hydrogen-bond donors (Lipinski definition) is 0. The summed E-state index contributed by atoms with van der Waals surface area (Å²) < 4.78 is 0. The maximum atomic E-state index is 4.83. The van der Waals surface area contributed by atoms with Gasteiger partial charge in [0.2, 0.25) is 0 Å². The van der Waals surface area contributed by atoms with Gasteiger partial charge in [0.15, 0.2) is 0 Å². The van der Waals surface area contributed by atoms with Crippen molar-refractivity contribution in [1.82, 2.24) is 0 Å². The summed E-state index contributed by atoms with van der Waals surface area (Å²) in [5.74, 6) is 0.222. The van der Waals surface area contributed by atoms with E-state index in [0.717, 1.165) is 6.16 Å². The summed E-state index contributed by atoms with van der Waals surface area (Å²) in [7, 11) is 0. The number of hydrogen-bond acceptors (Lipinski definition) is 2. The summed E-state index contributed by atoms with van der Waals surface area (Å²) in [5, 5.41) is 0. The molecule has 0 radical (unpaired) electrons. The molecule has 0 rings (SSSR count). The first kappa shape index (κ1) is 12.5. The molecule has 1 unspecified atom stereocenters. The first-order chi connectivity index (χ1) is 3.13. The van der Waals surface area contributed by atoms with Gasteiger partial charge in [-0.1, -0.05) is 13.8 Å². The SMILES string of the molecule is CC(C)C[P+](=S)[S-].[Na+]. The average Bonchev–Trinajstić information content (AvgIpc) is 1.27. The van der Waals surface area contributed by atoms with E-state index in [1.54, 1.807) is 0 Å². The molecule has 0 aliphatic heterocycles. The largest absolute Gasteiger partial charge is 1.00 e. The van der Waals surface area contributed by atoms with Gasteiger partial charge in [-0.25, -0.2) is 0 Å². The molecule has 0 bridgehead atoms. The summed E-state index contributed by atoms with van der Waals surface area (Å²) in [6.07, 6.45) is 1.06. The first-order valence-corrected chi connectivity index (χ1v) is 5.80. The Hall–Kier alpha value is 1.87. The molecule has 0 nitrogen and oxygen atoms in total. The molecular weight excluding hydrogens is 166 g/mol. The Balaban J connectivity index is 0. The maximum absolute atomic E-state index is 4.83. The van der Waals surface area contributed by atoms with Crippen LogP contribution in [-0.2, 0) is 24.1 Å². The monoisotopic (exact) mass is 175 g/mol. The fourth-order valence-corrected chi connectivity index (χ4v) is 2.68. The van der Waals surface area contributed by atoms with E-state index in [-0.39, 0.29) is 29.6 Å². The molecule has 0 fully saturated rings. The van der Waals surface area contributed by atoms with Gasteiger partial charge in [-0.2, -0.15) is 0 Å². The van der Waals surface area contributed by atoms with Gasteiger partial charge in [-0.15, -0.1) is 0 Å². The van der Waals surface area contributed by atoms with Crippen molar-refractivity contribution in [2.75, 3.05) is 6.16 Å². The molecule has 42 valence electrons. The van der Waals surface area contributed by atoms with E-state index in [2.05, 4.69) is 13.8 Å². The van der Waals surface area contributed by atoms with Gasteiger partial charge >= 0.3 is 29.6 Å². The Bertz CT molecular complexity index is 74.4. The summed E-state index contributed by atoms with van der Waals surface area (Å²) in [5.41, 5.74) is 0. The Labute approximate surface area is 84.7 Å². The van der Waals surface area contributed by atoms with Crippen LogP contribution in [0.4, 0.5) is 0 Å². The normalized spacial score (nSPS) is 10.8. The zero-order valence-electron chi connectivity index (χ0n) is 5.55. The Morgan fingerprint density at radius 2 is 2.00 bits per heavy atom. The van der Waals surface area contributed by atoms with Crippen molar-refractivity contribution in [2.24, 2.45) is 5.92 Å². The molecule has 0 spiro atoms. The van der Waals surface area contributed by atoms with Crippen molar-refractivity contribution < 1.29 is 29.6 Å². The summed E-state index contributed by atoms with van der Waals surface area (Å²) in [6, 6.07) is 0. The average molecular weight is 175 g/mol. The van der Waals surface area contributed by atoms with Gasteiger partial charge < -0.3 is 12.2 Å². The molecule has 0 aromatic heterocycles. The van der Waals surface area contributed by atoms with Crippen LogP contribution in [0.15, 0.2) is 0 Å². The molecule has 0 aliphatic rings. The minimum Gasteiger partial charge on any atom is -0.478 e. The molecule has 0 heterocycles. The van der Waals surface area contributed by atoms with E-state index in [1.165, 1.54) is 0 Å². The quantitative estimate of drug-likeness (QED) is 0.301. The molecule has 0 aliphatic carbocycles. The Morgan fingerprint density at radius 3 is 2.00 bits per heavy atom. The third-order valence-corrected chi connectivity index (χ3v) is 2.44. The van der Waals surface area contributed by atoms with E-state index in [1.807, 2.05) is 0 Å². The predicted octanol–water partition coefficient (Wildman–Crippen LogP) is -0.948.